The summed E-state index contributed by atoms with van der Waals surface area (Å²) in [5.74, 6) is -0.175. The largest absolute Gasteiger partial charge is 0.483 e. The van der Waals surface area contributed by atoms with E-state index in [4.69, 9.17) is 9.47 Å². The molecule has 1 N–H and O–H groups in total. The Hall–Kier alpha value is -1.86. The molecule has 0 fully saturated rings. The van der Waals surface area contributed by atoms with Gasteiger partial charge in [-0.1, -0.05) is 6.07 Å². The summed E-state index contributed by atoms with van der Waals surface area (Å²) in [7, 11) is 0. The number of esters is 1. The molecule has 1 amide bonds. The molecule has 5 nitrogen and oxygen atoms in total. The molecule has 0 radical (unpaired) electrons. The minimum Gasteiger partial charge on any atom is -0.483 e. The molecule has 25 heavy (non-hydrogen) atoms. The van der Waals surface area contributed by atoms with Crippen molar-refractivity contribution in [1.82, 2.24) is 0 Å². The van der Waals surface area contributed by atoms with E-state index in [0.29, 0.717) is 16.3 Å². The van der Waals surface area contributed by atoms with Gasteiger partial charge in [0, 0.05) is 4.88 Å². The summed E-state index contributed by atoms with van der Waals surface area (Å²) in [6, 6.07) is 5.62. The third-order valence-corrected chi connectivity index (χ3v) is 5.31. The van der Waals surface area contributed by atoms with Gasteiger partial charge in [0.05, 0.1) is 16.6 Å². The molecule has 7 heteroatoms. The quantitative estimate of drug-likeness (QED) is 0.685. The fraction of sp³-hybridized carbons (Fsp3) is 0.333. The zero-order valence-corrected chi connectivity index (χ0v) is 17.0. The number of anilines is 1. The number of aryl methyl sites for hydroxylation is 2. The van der Waals surface area contributed by atoms with Gasteiger partial charge in [0.2, 0.25) is 0 Å². The molecule has 0 spiro atoms. The molecule has 0 aliphatic rings. The molecule has 0 unspecified atom stereocenters. The van der Waals surface area contributed by atoms with Crippen molar-refractivity contribution < 1.29 is 19.1 Å². The van der Waals surface area contributed by atoms with Crippen LogP contribution in [0.15, 0.2) is 22.7 Å². The number of hydrogen-bond donors (Lipinski definition) is 1. The lowest BCUT2D eigenvalue weighted by molar-refractivity contribution is -0.118. The van der Waals surface area contributed by atoms with Gasteiger partial charge in [-0.05, 0) is 66.9 Å². The number of halogens is 1. The average molecular weight is 426 g/mol. The minimum atomic E-state index is -0.429. The number of amides is 1. The van der Waals surface area contributed by atoms with E-state index in [1.165, 1.54) is 11.3 Å². The van der Waals surface area contributed by atoms with Crippen molar-refractivity contribution in [1.29, 1.82) is 0 Å². The van der Waals surface area contributed by atoms with Crippen LogP contribution >= 0.6 is 27.3 Å². The summed E-state index contributed by atoms with van der Waals surface area (Å²) in [5.41, 5.74) is 2.32. The van der Waals surface area contributed by atoms with Gasteiger partial charge in [0.1, 0.15) is 10.8 Å². The second-order valence-electron chi connectivity index (χ2n) is 5.48. The second-order valence-corrected chi connectivity index (χ2v) is 7.56. The molecule has 0 saturated heterocycles. The van der Waals surface area contributed by atoms with E-state index in [1.807, 2.05) is 32.9 Å². The predicted molar refractivity (Wildman–Crippen MR) is 103 cm³/mol. The molecule has 1 heterocycles. The van der Waals surface area contributed by atoms with Crippen LogP contribution in [-0.4, -0.2) is 25.1 Å². The van der Waals surface area contributed by atoms with Crippen molar-refractivity contribution in [3.8, 4) is 5.75 Å². The Kier molecular flexibility index (Phi) is 6.61. The maximum absolute atomic E-state index is 12.2. The zero-order valence-electron chi connectivity index (χ0n) is 14.6. The molecule has 0 aliphatic carbocycles. The number of ether oxygens (including phenoxy) is 2. The Morgan fingerprint density at radius 2 is 1.96 bits per heavy atom. The molecule has 0 bridgehead atoms. The van der Waals surface area contributed by atoms with Gasteiger partial charge < -0.3 is 14.8 Å². The Labute approximate surface area is 159 Å². The van der Waals surface area contributed by atoms with Crippen LogP contribution in [0.3, 0.4) is 0 Å². The minimum absolute atomic E-state index is 0.153. The zero-order chi connectivity index (χ0) is 18.6. The molecule has 134 valence electrons. The number of nitrogens with one attached hydrogen (secondary N) is 1. The second kappa shape index (κ2) is 8.49. The molecule has 0 saturated carbocycles. The van der Waals surface area contributed by atoms with Gasteiger partial charge in [-0.2, -0.15) is 0 Å². The van der Waals surface area contributed by atoms with Crippen molar-refractivity contribution >= 4 is 44.1 Å². The third kappa shape index (κ3) is 4.83. The maximum Gasteiger partial charge on any atom is 0.341 e. The summed E-state index contributed by atoms with van der Waals surface area (Å²) in [6.07, 6.45) is 0. The molecular formula is C18H20BrNO4S. The number of rotatable bonds is 6. The lowest BCUT2D eigenvalue weighted by atomic mass is 10.1. The summed E-state index contributed by atoms with van der Waals surface area (Å²) in [6.45, 7) is 7.59. The van der Waals surface area contributed by atoms with Gasteiger partial charge in [-0.25, -0.2) is 4.79 Å². The first-order valence-electron chi connectivity index (χ1n) is 7.79. The van der Waals surface area contributed by atoms with Crippen LogP contribution in [-0.2, 0) is 9.53 Å². The first-order valence-corrected chi connectivity index (χ1v) is 9.40. The fourth-order valence-electron chi connectivity index (χ4n) is 2.19. The van der Waals surface area contributed by atoms with Gasteiger partial charge in [0.15, 0.2) is 6.61 Å². The number of carbonyl (C=O) groups is 2. The highest BCUT2D eigenvalue weighted by Crippen LogP contribution is 2.33. The summed E-state index contributed by atoms with van der Waals surface area (Å²) in [5, 5.41) is 3.24. The van der Waals surface area contributed by atoms with E-state index in [0.717, 1.165) is 20.5 Å². The number of thiophene rings is 1. The maximum atomic E-state index is 12.2. The van der Waals surface area contributed by atoms with Crippen LogP contribution in [0.2, 0.25) is 0 Å². The van der Waals surface area contributed by atoms with E-state index < -0.39 is 5.97 Å². The normalized spacial score (nSPS) is 10.4. The number of hydrogen-bond acceptors (Lipinski definition) is 5. The van der Waals surface area contributed by atoms with Crippen LogP contribution in [0.4, 0.5) is 5.00 Å². The summed E-state index contributed by atoms with van der Waals surface area (Å²) >= 11 is 4.76. The van der Waals surface area contributed by atoms with Crippen LogP contribution in [0, 0.1) is 20.8 Å². The number of carbonyl (C=O) groups excluding carboxylic acids is 2. The van der Waals surface area contributed by atoms with E-state index in [9.17, 15) is 9.59 Å². The highest BCUT2D eigenvalue weighted by atomic mass is 79.9. The first-order chi connectivity index (χ1) is 11.8. The fourth-order valence-corrected chi connectivity index (χ4v) is 3.87. The lowest BCUT2D eigenvalue weighted by Gasteiger charge is -2.10. The van der Waals surface area contributed by atoms with Crippen LogP contribution in [0.1, 0.15) is 33.3 Å². The summed E-state index contributed by atoms with van der Waals surface area (Å²) < 4.78 is 11.4. The highest BCUT2D eigenvalue weighted by molar-refractivity contribution is 9.10. The predicted octanol–water partition coefficient (Wildman–Crippen LogP) is 4.63. The Balaban J connectivity index is 2.08. The van der Waals surface area contributed by atoms with Crippen LogP contribution in [0.25, 0.3) is 0 Å². The van der Waals surface area contributed by atoms with Crippen molar-refractivity contribution in [2.75, 3.05) is 18.5 Å². The molecular weight excluding hydrogens is 406 g/mol. The van der Waals surface area contributed by atoms with E-state index in [1.54, 1.807) is 13.0 Å². The lowest BCUT2D eigenvalue weighted by Crippen LogP contribution is -2.21. The molecule has 2 rings (SSSR count). The summed E-state index contributed by atoms with van der Waals surface area (Å²) in [4.78, 5) is 25.3. The Morgan fingerprint density at radius 3 is 2.60 bits per heavy atom. The first kappa shape index (κ1) is 19.5. The average Bonchev–Trinajstić information content (AvgIpc) is 2.81. The van der Waals surface area contributed by atoms with E-state index >= 15 is 0 Å². The molecule has 0 atom stereocenters. The van der Waals surface area contributed by atoms with Crippen molar-refractivity contribution in [2.24, 2.45) is 0 Å². The van der Waals surface area contributed by atoms with Crippen LogP contribution in [0.5, 0.6) is 5.75 Å². The van der Waals surface area contributed by atoms with Gasteiger partial charge in [-0.3, -0.25) is 4.79 Å². The topological polar surface area (TPSA) is 64.6 Å². The van der Waals surface area contributed by atoms with Crippen molar-refractivity contribution in [2.45, 2.75) is 27.7 Å². The molecule has 2 aromatic rings. The van der Waals surface area contributed by atoms with Crippen LogP contribution < -0.4 is 10.1 Å². The van der Waals surface area contributed by atoms with E-state index in [-0.39, 0.29) is 19.1 Å². The van der Waals surface area contributed by atoms with Gasteiger partial charge in [-0.15, -0.1) is 11.3 Å². The van der Waals surface area contributed by atoms with Gasteiger partial charge >= 0.3 is 5.97 Å². The third-order valence-electron chi connectivity index (χ3n) is 3.56. The monoisotopic (exact) mass is 425 g/mol. The van der Waals surface area contributed by atoms with Gasteiger partial charge in [0.25, 0.3) is 5.91 Å². The molecule has 0 aliphatic heterocycles. The SMILES string of the molecule is CCOC(=O)c1c(NC(=O)COc2ccc(C)cc2Br)sc(C)c1C. The Bertz CT molecular complexity index is 801. The van der Waals surface area contributed by atoms with E-state index in [2.05, 4.69) is 21.2 Å². The highest BCUT2D eigenvalue weighted by Gasteiger charge is 2.22. The molecule has 1 aromatic carbocycles. The van der Waals surface area contributed by atoms with Crippen molar-refractivity contribution in [3.63, 3.8) is 0 Å². The van der Waals surface area contributed by atoms with Crippen molar-refractivity contribution in [3.05, 3.63) is 44.2 Å². The smallest absolute Gasteiger partial charge is 0.341 e. The number of benzene rings is 1. The standard InChI is InChI=1S/C18H20BrNO4S/c1-5-23-18(22)16-11(3)12(4)25-17(16)20-15(21)9-24-14-7-6-10(2)8-13(14)19/h6-8H,5,9H2,1-4H3,(H,20,21). The molecule has 1 aromatic heterocycles. The Morgan fingerprint density at radius 1 is 1.24 bits per heavy atom.